The maximum absolute atomic E-state index is 11.7. The predicted molar refractivity (Wildman–Crippen MR) is 70.1 cm³/mol. The zero-order valence-corrected chi connectivity index (χ0v) is 10.4. The van der Waals surface area contributed by atoms with Crippen LogP contribution >= 0.6 is 0 Å². The van der Waals surface area contributed by atoms with Crippen molar-refractivity contribution in [1.29, 1.82) is 0 Å². The third-order valence-electron chi connectivity index (χ3n) is 3.42. The lowest BCUT2D eigenvalue weighted by molar-refractivity contribution is -0.121. The highest BCUT2D eigenvalue weighted by molar-refractivity contribution is 5.75. The molecule has 0 aromatic carbocycles. The monoisotopic (exact) mass is 249 g/mol. The number of amides is 1. The minimum absolute atomic E-state index is 0.0362. The van der Waals surface area contributed by atoms with Gasteiger partial charge in [-0.05, 0) is 18.4 Å². The molecule has 5 heteroatoms. The van der Waals surface area contributed by atoms with Crippen molar-refractivity contribution >= 4 is 11.6 Å². The van der Waals surface area contributed by atoms with Crippen LogP contribution in [-0.4, -0.2) is 17.0 Å². The van der Waals surface area contributed by atoms with E-state index in [1.165, 1.54) is 42.2 Å². The average Bonchev–Trinajstić information content (AvgIpc) is 2.27. The van der Waals surface area contributed by atoms with Gasteiger partial charge >= 0.3 is 0 Å². The lowest BCUT2D eigenvalue weighted by Gasteiger charge is -2.25. The van der Waals surface area contributed by atoms with Crippen molar-refractivity contribution in [3.63, 3.8) is 0 Å². The molecular formula is C13H19N3O2. The van der Waals surface area contributed by atoms with Crippen LogP contribution in [0.5, 0.6) is 0 Å². The van der Waals surface area contributed by atoms with E-state index in [0.29, 0.717) is 12.2 Å². The molecule has 1 amide bonds. The SMILES string of the molecule is Nc1ccc(=O)n(CC(=O)NCCC2CCC2)c1. The van der Waals surface area contributed by atoms with Crippen molar-refractivity contribution in [3.8, 4) is 0 Å². The predicted octanol–water partition coefficient (Wildman–Crippen LogP) is 0.737. The van der Waals surface area contributed by atoms with E-state index in [4.69, 9.17) is 5.73 Å². The number of nitrogens with one attached hydrogen (secondary N) is 1. The van der Waals surface area contributed by atoms with Gasteiger partial charge in [-0.25, -0.2) is 0 Å². The number of carbonyl (C=O) groups is 1. The van der Waals surface area contributed by atoms with Crippen molar-refractivity contribution in [2.45, 2.75) is 32.2 Å². The van der Waals surface area contributed by atoms with E-state index in [0.717, 1.165) is 12.3 Å². The number of anilines is 1. The van der Waals surface area contributed by atoms with Crippen molar-refractivity contribution in [2.75, 3.05) is 12.3 Å². The minimum Gasteiger partial charge on any atom is -0.398 e. The number of carbonyl (C=O) groups excluding carboxylic acids is 1. The van der Waals surface area contributed by atoms with Crippen molar-refractivity contribution in [2.24, 2.45) is 5.92 Å². The zero-order valence-electron chi connectivity index (χ0n) is 10.4. The molecule has 98 valence electrons. The number of aromatic nitrogens is 1. The standard InChI is InChI=1S/C13H19N3O2/c14-11-4-5-13(18)16(8-11)9-12(17)15-7-6-10-2-1-3-10/h4-5,8,10H,1-3,6-7,9,14H2,(H,15,17). The van der Waals surface area contributed by atoms with Gasteiger partial charge in [-0.1, -0.05) is 19.3 Å². The first-order valence-electron chi connectivity index (χ1n) is 6.38. The van der Waals surface area contributed by atoms with Crippen molar-refractivity contribution < 1.29 is 4.79 Å². The maximum atomic E-state index is 11.7. The van der Waals surface area contributed by atoms with Crippen LogP contribution in [0.2, 0.25) is 0 Å². The molecule has 3 N–H and O–H groups in total. The van der Waals surface area contributed by atoms with Crippen LogP contribution in [0.3, 0.4) is 0 Å². The molecule has 1 heterocycles. The van der Waals surface area contributed by atoms with Gasteiger partial charge in [0.15, 0.2) is 0 Å². The van der Waals surface area contributed by atoms with Gasteiger partial charge in [0.05, 0.1) is 0 Å². The van der Waals surface area contributed by atoms with E-state index >= 15 is 0 Å². The van der Waals surface area contributed by atoms with Crippen LogP contribution in [0.25, 0.3) is 0 Å². The molecule has 1 aliphatic carbocycles. The Morgan fingerprint density at radius 1 is 1.44 bits per heavy atom. The summed E-state index contributed by atoms with van der Waals surface area (Å²) in [4.78, 5) is 23.1. The number of pyridine rings is 1. The van der Waals surface area contributed by atoms with E-state index in [-0.39, 0.29) is 18.0 Å². The summed E-state index contributed by atoms with van der Waals surface area (Å²) in [5.74, 6) is 0.641. The van der Waals surface area contributed by atoms with Crippen LogP contribution in [0.4, 0.5) is 5.69 Å². The molecule has 0 bridgehead atoms. The second-order valence-corrected chi connectivity index (χ2v) is 4.86. The largest absolute Gasteiger partial charge is 0.398 e. The molecule has 0 atom stereocenters. The Morgan fingerprint density at radius 2 is 2.22 bits per heavy atom. The van der Waals surface area contributed by atoms with E-state index in [1.54, 1.807) is 0 Å². The van der Waals surface area contributed by atoms with Gasteiger partial charge in [0, 0.05) is 24.5 Å². The fourth-order valence-corrected chi connectivity index (χ4v) is 2.08. The quantitative estimate of drug-likeness (QED) is 0.808. The van der Waals surface area contributed by atoms with Crippen LogP contribution in [-0.2, 0) is 11.3 Å². The molecule has 2 rings (SSSR count). The van der Waals surface area contributed by atoms with Crippen LogP contribution in [0.15, 0.2) is 23.1 Å². The normalized spacial score (nSPS) is 15.1. The van der Waals surface area contributed by atoms with E-state index in [2.05, 4.69) is 5.32 Å². The number of nitrogen functional groups attached to an aromatic ring is 1. The summed E-state index contributed by atoms with van der Waals surface area (Å²) in [6, 6.07) is 2.91. The summed E-state index contributed by atoms with van der Waals surface area (Å²) in [5.41, 5.74) is 5.85. The Kier molecular flexibility index (Phi) is 4.02. The van der Waals surface area contributed by atoms with E-state index in [1.807, 2.05) is 0 Å². The fourth-order valence-electron chi connectivity index (χ4n) is 2.08. The van der Waals surface area contributed by atoms with Gasteiger partial charge in [-0.3, -0.25) is 9.59 Å². The highest BCUT2D eigenvalue weighted by Gasteiger charge is 2.16. The third-order valence-corrected chi connectivity index (χ3v) is 3.42. The topological polar surface area (TPSA) is 77.1 Å². The van der Waals surface area contributed by atoms with Crippen molar-refractivity contribution in [1.82, 2.24) is 9.88 Å². The molecule has 0 radical (unpaired) electrons. The summed E-state index contributed by atoms with van der Waals surface area (Å²) in [6.07, 6.45) is 6.41. The Labute approximate surface area is 106 Å². The summed E-state index contributed by atoms with van der Waals surface area (Å²) in [5, 5.41) is 2.84. The Balaban J connectivity index is 1.79. The smallest absolute Gasteiger partial charge is 0.251 e. The first kappa shape index (κ1) is 12.7. The molecule has 1 saturated carbocycles. The second kappa shape index (κ2) is 5.71. The average molecular weight is 249 g/mol. The molecule has 5 nitrogen and oxygen atoms in total. The van der Waals surface area contributed by atoms with E-state index < -0.39 is 0 Å². The van der Waals surface area contributed by atoms with Crippen LogP contribution < -0.4 is 16.6 Å². The first-order chi connectivity index (χ1) is 8.65. The van der Waals surface area contributed by atoms with E-state index in [9.17, 15) is 9.59 Å². The molecule has 0 saturated heterocycles. The number of nitrogens with zero attached hydrogens (tertiary/aromatic N) is 1. The fraction of sp³-hybridized carbons (Fsp3) is 0.538. The summed E-state index contributed by atoms with van der Waals surface area (Å²) in [7, 11) is 0. The maximum Gasteiger partial charge on any atom is 0.251 e. The number of rotatable bonds is 5. The molecule has 1 aromatic rings. The lowest BCUT2D eigenvalue weighted by atomic mass is 9.83. The van der Waals surface area contributed by atoms with Gasteiger partial charge in [0.25, 0.3) is 5.56 Å². The van der Waals surface area contributed by atoms with Crippen molar-refractivity contribution in [3.05, 3.63) is 28.7 Å². The molecule has 0 spiro atoms. The molecule has 1 aliphatic rings. The Morgan fingerprint density at radius 3 is 2.89 bits per heavy atom. The minimum atomic E-state index is -0.210. The van der Waals surface area contributed by atoms with Gasteiger partial charge in [-0.15, -0.1) is 0 Å². The molecule has 0 unspecified atom stereocenters. The number of hydrogen-bond donors (Lipinski definition) is 2. The Hall–Kier alpha value is -1.78. The lowest BCUT2D eigenvalue weighted by Crippen LogP contribution is -2.33. The summed E-state index contributed by atoms with van der Waals surface area (Å²) >= 11 is 0. The van der Waals surface area contributed by atoms with Gasteiger partial charge < -0.3 is 15.6 Å². The highest BCUT2D eigenvalue weighted by atomic mass is 16.2. The number of hydrogen-bond acceptors (Lipinski definition) is 3. The first-order valence-corrected chi connectivity index (χ1v) is 6.38. The molecule has 0 aliphatic heterocycles. The third kappa shape index (κ3) is 3.35. The van der Waals surface area contributed by atoms with Gasteiger partial charge in [-0.2, -0.15) is 0 Å². The zero-order chi connectivity index (χ0) is 13.0. The van der Waals surface area contributed by atoms with Crippen LogP contribution in [0.1, 0.15) is 25.7 Å². The number of nitrogens with two attached hydrogens (primary N) is 1. The molecule has 18 heavy (non-hydrogen) atoms. The van der Waals surface area contributed by atoms with Crippen LogP contribution in [0, 0.1) is 5.92 Å². The summed E-state index contributed by atoms with van der Waals surface area (Å²) < 4.78 is 1.33. The van der Waals surface area contributed by atoms with Gasteiger partial charge in [0.2, 0.25) is 5.91 Å². The second-order valence-electron chi connectivity index (χ2n) is 4.86. The molecular weight excluding hydrogens is 230 g/mol. The highest BCUT2D eigenvalue weighted by Crippen LogP contribution is 2.28. The van der Waals surface area contributed by atoms with Gasteiger partial charge in [0.1, 0.15) is 6.54 Å². The molecule has 1 aromatic heterocycles. The Bertz CT molecular complexity index is 477. The summed E-state index contributed by atoms with van der Waals surface area (Å²) in [6.45, 7) is 0.731. The molecule has 1 fully saturated rings.